The van der Waals surface area contributed by atoms with E-state index in [0.29, 0.717) is 12.4 Å². The fourth-order valence-electron chi connectivity index (χ4n) is 2.81. The number of carbonyl (C=O) groups is 1. The van der Waals surface area contributed by atoms with Gasteiger partial charge in [0.25, 0.3) is 0 Å². The predicted octanol–water partition coefficient (Wildman–Crippen LogP) is 2.70. The van der Waals surface area contributed by atoms with Gasteiger partial charge in [-0.3, -0.25) is 0 Å². The summed E-state index contributed by atoms with van der Waals surface area (Å²) in [6.07, 6.45) is 3.16. The quantitative estimate of drug-likeness (QED) is 0.805. The number of furan rings is 1. The number of rotatable bonds is 4. The lowest BCUT2D eigenvalue weighted by molar-refractivity contribution is 0.0366. The molecule has 3 rings (SSSR count). The van der Waals surface area contributed by atoms with Crippen LogP contribution in [-0.2, 0) is 5.60 Å². The molecular weight excluding hydrogens is 308 g/mol. The summed E-state index contributed by atoms with van der Waals surface area (Å²) < 4.78 is 10.9. The number of aliphatic hydroxyl groups is 1. The molecule has 0 radical (unpaired) electrons. The first kappa shape index (κ1) is 16.4. The molecule has 0 saturated heterocycles. The van der Waals surface area contributed by atoms with Gasteiger partial charge in [-0.1, -0.05) is 18.2 Å². The topological polar surface area (TPSA) is 83.7 Å². The number of ether oxygens (including phenoxy) is 1. The van der Waals surface area contributed by atoms with E-state index in [1.807, 2.05) is 24.3 Å². The average molecular weight is 330 g/mol. The zero-order valence-electron chi connectivity index (χ0n) is 13.6. The number of nitrogens with one attached hydrogen (secondary N) is 2. The van der Waals surface area contributed by atoms with E-state index in [1.54, 1.807) is 19.1 Å². The lowest BCUT2D eigenvalue weighted by atomic mass is 10.0. The fraction of sp³-hybridized carbons (Fsp3) is 0.389. The highest BCUT2D eigenvalue weighted by atomic mass is 16.5. The van der Waals surface area contributed by atoms with Gasteiger partial charge in [-0.25, -0.2) is 4.79 Å². The predicted molar refractivity (Wildman–Crippen MR) is 88.7 cm³/mol. The molecule has 1 aliphatic heterocycles. The molecule has 6 heteroatoms. The van der Waals surface area contributed by atoms with Crippen LogP contribution in [0, 0.1) is 0 Å². The van der Waals surface area contributed by atoms with E-state index < -0.39 is 5.60 Å². The zero-order chi connectivity index (χ0) is 17.0. The molecule has 0 spiro atoms. The molecule has 1 aromatic carbocycles. The minimum atomic E-state index is -1.26. The Morgan fingerprint density at radius 3 is 2.96 bits per heavy atom. The van der Waals surface area contributed by atoms with Crippen molar-refractivity contribution in [2.75, 3.05) is 13.2 Å². The molecule has 2 atom stereocenters. The van der Waals surface area contributed by atoms with Crippen LogP contribution < -0.4 is 15.4 Å². The molecule has 2 aromatic rings. The molecular formula is C18H22N2O4. The first-order valence-corrected chi connectivity index (χ1v) is 8.09. The maximum atomic E-state index is 12.2. The van der Waals surface area contributed by atoms with Gasteiger partial charge in [0.05, 0.1) is 25.5 Å². The van der Waals surface area contributed by atoms with Gasteiger partial charge in [-0.15, -0.1) is 0 Å². The molecule has 6 nitrogen and oxygen atoms in total. The van der Waals surface area contributed by atoms with Gasteiger partial charge in [-0.2, -0.15) is 0 Å². The van der Waals surface area contributed by atoms with Gasteiger partial charge in [-0.05, 0) is 38.0 Å². The maximum absolute atomic E-state index is 12.2. The molecule has 24 heavy (non-hydrogen) atoms. The van der Waals surface area contributed by atoms with Crippen LogP contribution >= 0.6 is 0 Å². The summed E-state index contributed by atoms with van der Waals surface area (Å²) in [5, 5.41) is 16.0. The standard InChI is InChI=1S/C18H22N2O4/c1-18(22,16-9-5-11-24-16)12-19-17(21)20-14-7-4-10-23-15-8-3-2-6-13(14)15/h2-3,5-6,8-9,11,14,22H,4,7,10,12H2,1H3,(H2,19,20,21)/t14-,18-/m0/s1. The molecule has 128 valence electrons. The van der Waals surface area contributed by atoms with Crippen LogP contribution in [0.1, 0.15) is 37.1 Å². The Morgan fingerprint density at radius 2 is 2.17 bits per heavy atom. The van der Waals surface area contributed by atoms with Crippen molar-refractivity contribution in [2.24, 2.45) is 0 Å². The van der Waals surface area contributed by atoms with Crippen LogP contribution in [-0.4, -0.2) is 24.3 Å². The normalized spacial score (nSPS) is 19.3. The van der Waals surface area contributed by atoms with Crippen molar-refractivity contribution in [1.29, 1.82) is 0 Å². The largest absolute Gasteiger partial charge is 0.493 e. The first-order chi connectivity index (χ1) is 11.6. The number of hydrogen-bond donors (Lipinski definition) is 3. The number of benzene rings is 1. The number of hydrogen-bond acceptors (Lipinski definition) is 4. The highest BCUT2D eigenvalue weighted by Crippen LogP contribution is 2.31. The smallest absolute Gasteiger partial charge is 0.315 e. The van der Waals surface area contributed by atoms with Gasteiger partial charge >= 0.3 is 6.03 Å². The van der Waals surface area contributed by atoms with Crippen molar-refractivity contribution in [1.82, 2.24) is 10.6 Å². The van der Waals surface area contributed by atoms with Crippen molar-refractivity contribution in [3.8, 4) is 5.75 Å². The summed E-state index contributed by atoms with van der Waals surface area (Å²) in [6, 6.07) is 10.7. The van der Waals surface area contributed by atoms with Crippen LogP contribution in [0.25, 0.3) is 0 Å². The summed E-state index contributed by atoms with van der Waals surface area (Å²) in [5.41, 5.74) is -0.284. The van der Waals surface area contributed by atoms with E-state index in [-0.39, 0.29) is 18.6 Å². The Balaban J connectivity index is 1.61. The maximum Gasteiger partial charge on any atom is 0.315 e. The Kier molecular flexibility index (Phi) is 4.76. The third-order valence-corrected chi connectivity index (χ3v) is 4.14. The number of carbonyl (C=O) groups excluding carboxylic acids is 1. The molecule has 0 fully saturated rings. The third kappa shape index (κ3) is 3.71. The third-order valence-electron chi connectivity index (χ3n) is 4.14. The first-order valence-electron chi connectivity index (χ1n) is 8.09. The Labute approximate surface area is 140 Å². The van der Waals surface area contributed by atoms with Crippen LogP contribution in [0.4, 0.5) is 4.79 Å². The Hall–Kier alpha value is -2.47. The van der Waals surface area contributed by atoms with E-state index in [9.17, 15) is 9.90 Å². The average Bonchev–Trinajstić information content (AvgIpc) is 3.05. The van der Waals surface area contributed by atoms with E-state index in [1.165, 1.54) is 6.26 Å². The SMILES string of the molecule is C[C@](O)(CNC(=O)N[C@H]1CCCOc2ccccc21)c1ccco1. The summed E-state index contributed by atoms with van der Waals surface area (Å²) in [4.78, 5) is 12.2. The van der Waals surface area contributed by atoms with E-state index >= 15 is 0 Å². The monoisotopic (exact) mass is 330 g/mol. The van der Waals surface area contributed by atoms with Gasteiger partial charge in [0.2, 0.25) is 0 Å². The minimum Gasteiger partial charge on any atom is -0.493 e. The Morgan fingerprint density at radius 1 is 1.33 bits per heavy atom. The molecule has 0 bridgehead atoms. The second-order valence-electron chi connectivity index (χ2n) is 6.16. The molecule has 0 unspecified atom stereocenters. The number of fused-ring (bicyclic) bond motifs is 1. The Bertz CT molecular complexity index is 682. The molecule has 3 N–H and O–H groups in total. The van der Waals surface area contributed by atoms with Crippen molar-refractivity contribution in [2.45, 2.75) is 31.4 Å². The lowest BCUT2D eigenvalue weighted by Gasteiger charge is -2.23. The highest BCUT2D eigenvalue weighted by Gasteiger charge is 2.27. The summed E-state index contributed by atoms with van der Waals surface area (Å²) in [6.45, 7) is 2.29. The minimum absolute atomic E-state index is 0.0528. The van der Waals surface area contributed by atoms with Gasteiger partial charge in [0.15, 0.2) is 0 Å². The van der Waals surface area contributed by atoms with Crippen LogP contribution in [0.5, 0.6) is 5.75 Å². The molecule has 0 aliphatic carbocycles. The fourth-order valence-corrected chi connectivity index (χ4v) is 2.81. The van der Waals surface area contributed by atoms with Crippen molar-refractivity contribution >= 4 is 6.03 Å². The molecule has 1 aromatic heterocycles. The van der Waals surface area contributed by atoms with Crippen LogP contribution in [0.15, 0.2) is 47.1 Å². The number of urea groups is 1. The second kappa shape index (κ2) is 6.97. The van der Waals surface area contributed by atoms with Crippen molar-refractivity contribution < 1.29 is 19.1 Å². The highest BCUT2D eigenvalue weighted by molar-refractivity contribution is 5.74. The van der Waals surface area contributed by atoms with Crippen LogP contribution in [0.3, 0.4) is 0 Å². The van der Waals surface area contributed by atoms with Crippen molar-refractivity contribution in [3.63, 3.8) is 0 Å². The molecule has 2 heterocycles. The van der Waals surface area contributed by atoms with Crippen LogP contribution in [0.2, 0.25) is 0 Å². The summed E-state index contributed by atoms with van der Waals surface area (Å²) >= 11 is 0. The zero-order valence-corrected chi connectivity index (χ0v) is 13.6. The van der Waals surface area contributed by atoms with Gasteiger partial charge < -0.3 is 24.9 Å². The second-order valence-corrected chi connectivity index (χ2v) is 6.16. The van der Waals surface area contributed by atoms with E-state index in [0.717, 1.165) is 24.2 Å². The van der Waals surface area contributed by atoms with Crippen molar-refractivity contribution in [3.05, 3.63) is 54.0 Å². The van der Waals surface area contributed by atoms with Gasteiger partial charge in [0, 0.05) is 5.56 Å². The lowest BCUT2D eigenvalue weighted by Crippen LogP contribution is -2.44. The molecule has 1 aliphatic rings. The van der Waals surface area contributed by atoms with Gasteiger partial charge in [0.1, 0.15) is 17.1 Å². The molecule has 0 saturated carbocycles. The summed E-state index contributed by atoms with van der Waals surface area (Å²) in [7, 11) is 0. The van der Waals surface area contributed by atoms with E-state index in [2.05, 4.69) is 10.6 Å². The summed E-state index contributed by atoms with van der Waals surface area (Å²) in [5.74, 6) is 1.22. The van der Waals surface area contributed by atoms with E-state index in [4.69, 9.17) is 9.15 Å². The number of amides is 2. The molecule has 2 amide bonds. The number of para-hydroxylation sites is 1.